The van der Waals surface area contributed by atoms with E-state index in [1.807, 2.05) is 26.8 Å². The molecular formula is C32H40N6O4. The van der Waals surface area contributed by atoms with Crippen molar-refractivity contribution in [2.75, 3.05) is 44.3 Å². The molecule has 10 nitrogen and oxygen atoms in total. The van der Waals surface area contributed by atoms with Gasteiger partial charge in [0.2, 0.25) is 0 Å². The maximum absolute atomic E-state index is 12.6. The Morgan fingerprint density at radius 1 is 1.00 bits per heavy atom. The third kappa shape index (κ3) is 5.78. The smallest absolute Gasteiger partial charge is 0.407 e. The first-order valence-electron chi connectivity index (χ1n) is 14.9. The zero-order valence-electron chi connectivity index (χ0n) is 24.7. The Hall–Kier alpha value is -3.76. The van der Waals surface area contributed by atoms with Crippen LogP contribution in [-0.4, -0.2) is 77.9 Å². The molecule has 3 heterocycles. The summed E-state index contributed by atoms with van der Waals surface area (Å²) in [6.45, 7) is 10.5. The van der Waals surface area contributed by atoms with E-state index in [1.54, 1.807) is 0 Å². The molecule has 222 valence electrons. The number of rotatable bonds is 6. The largest absolute Gasteiger partial charge is 0.444 e. The molecular weight excluding hydrogens is 532 g/mol. The van der Waals surface area contributed by atoms with Crippen LogP contribution < -0.4 is 16.0 Å². The molecule has 0 unspecified atom stereocenters. The van der Waals surface area contributed by atoms with Crippen LogP contribution in [0.2, 0.25) is 0 Å². The van der Waals surface area contributed by atoms with Crippen molar-refractivity contribution in [2.24, 2.45) is 5.73 Å². The number of morpholine rings is 1. The fourth-order valence-electron chi connectivity index (χ4n) is 6.34. The molecule has 3 aromatic rings. The lowest BCUT2D eigenvalue weighted by Gasteiger charge is -2.35. The van der Waals surface area contributed by atoms with Crippen molar-refractivity contribution in [2.45, 2.75) is 63.6 Å². The molecule has 6 rings (SSSR count). The van der Waals surface area contributed by atoms with Crippen LogP contribution in [0.4, 0.5) is 10.6 Å². The van der Waals surface area contributed by atoms with E-state index in [0.717, 1.165) is 61.5 Å². The second-order valence-electron chi connectivity index (χ2n) is 12.6. The Balaban J connectivity index is 1.25. The second-order valence-corrected chi connectivity index (χ2v) is 12.6. The molecule has 1 aliphatic carbocycles. The predicted molar refractivity (Wildman–Crippen MR) is 161 cm³/mol. The number of hydrogen-bond acceptors (Lipinski definition) is 8. The Morgan fingerprint density at radius 2 is 1.69 bits per heavy atom. The molecule has 42 heavy (non-hydrogen) atoms. The van der Waals surface area contributed by atoms with Crippen LogP contribution in [0.1, 0.15) is 62.4 Å². The minimum absolute atomic E-state index is 0.0201. The summed E-state index contributed by atoms with van der Waals surface area (Å²) in [5, 5.41) is 3.78. The molecule has 3 N–H and O–H groups in total. The molecule has 0 atom stereocenters. The molecule has 0 radical (unpaired) electrons. The third-order valence-electron chi connectivity index (χ3n) is 8.59. The summed E-state index contributed by atoms with van der Waals surface area (Å²) in [5.74, 6) is 0.244. The normalized spacial score (nSPS) is 19.5. The van der Waals surface area contributed by atoms with Crippen LogP contribution in [0, 0.1) is 0 Å². The molecule has 1 aromatic heterocycles. The maximum Gasteiger partial charge on any atom is 0.407 e. The van der Waals surface area contributed by atoms with Crippen LogP contribution in [0.15, 0.2) is 42.7 Å². The number of carbonyl (C=O) groups is 2. The highest BCUT2D eigenvalue weighted by atomic mass is 16.6. The molecule has 0 bridgehead atoms. The van der Waals surface area contributed by atoms with E-state index >= 15 is 0 Å². The Morgan fingerprint density at radius 3 is 2.31 bits per heavy atom. The van der Waals surface area contributed by atoms with Crippen molar-refractivity contribution in [1.29, 1.82) is 0 Å². The van der Waals surface area contributed by atoms with E-state index in [0.29, 0.717) is 24.2 Å². The number of anilines is 1. The zero-order chi connectivity index (χ0) is 29.5. The van der Waals surface area contributed by atoms with E-state index in [4.69, 9.17) is 15.2 Å². The number of nitrogens with zero attached hydrogens (tertiary/aromatic N) is 4. The molecule has 2 saturated heterocycles. The highest BCUT2D eigenvalue weighted by molar-refractivity contribution is 6.09. The fraction of sp³-hybridized carbons (Fsp3) is 0.500. The summed E-state index contributed by atoms with van der Waals surface area (Å²) in [6.07, 6.45) is 4.92. The number of nitrogens with one attached hydrogen (secondary N) is 1. The highest BCUT2D eigenvalue weighted by Gasteiger charge is 2.49. The number of benzene rings is 2. The first-order valence-corrected chi connectivity index (χ1v) is 14.9. The van der Waals surface area contributed by atoms with Crippen LogP contribution in [0.5, 0.6) is 0 Å². The SMILES string of the molecule is CC(C)(C)OC(=O)NC1CCN(c2ncnc3c(C(N)=O)cc(-c4ccc(C5(N6CCOCC6)CC5)cc4)cc23)CC1. The van der Waals surface area contributed by atoms with E-state index < -0.39 is 17.6 Å². The lowest BCUT2D eigenvalue weighted by molar-refractivity contribution is 0.00835. The molecule has 2 aliphatic heterocycles. The van der Waals surface area contributed by atoms with Gasteiger partial charge in [0.1, 0.15) is 17.7 Å². The summed E-state index contributed by atoms with van der Waals surface area (Å²) >= 11 is 0. The number of hydrogen-bond donors (Lipinski definition) is 2. The van der Waals surface area contributed by atoms with Gasteiger partial charge in [-0.25, -0.2) is 14.8 Å². The van der Waals surface area contributed by atoms with Crippen molar-refractivity contribution < 1.29 is 19.1 Å². The predicted octanol–water partition coefficient (Wildman–Crippen LogP) is 4.21. The third-order valence-corrected chi connectivity index (χ3v) is 8.59. The van der Waals surface area contributed by atoms with Gasteiger partial charge < -0.3 is 25.4 Å². The Labute approximate surface area is 246 Å². The van der Waals surface area contributed by atoms with Crippen molar-refractivity contribution in [1.82, 2.24) is 20.2 Å². The molecule has 3 aliphatic rings. The lowest BCUT2D eigenvalue weighted by atomic mass is 9.95. The molecule has 0 spiro atoms. The van der Waals surface area contributed by atoms with E-state index in [2.05, 4.69) is 55.4 Å². The average Bonchev–Trinajstić information content (AvgIpc) is 3.78. The number of ether oxygens (including phenoxy) is 2. The minimum atomic E-state index is -0.539. The Kier molecular flexibility index (Phi) is 7.53. The summed E-state index contributed by atoms with van der Waals surface area (Å²) in [7, 11) is 0. The topological polar surface area (TPSA) is 123 Å². The first-order chi connectivity index (χ1) is 20.1. The maximum atomic E-state index is 12.6. The summed E-state index contributed by atoms with van der Waals surface area (Å²) < 4.78 is 11.0. The van der Waals surface area contributed by atoms with E-state index in [-0.39, 0.29) is 11.6 Å². The summed E-state index contributed by atoms with van der Waals surface area (Å²) in [4.78, 5) is 38.7. The van der Waals surface area contributed by atoms with Gasteiger partial charge in [-0.3, -0.25) is 9.69 Å². The van der Waals surface area contributed by atoms with Gasteiger partial charge in [0.25, 0.3) is 5.91 Å². The van der Waals surface area contributed by atoms with Crippen LogP contribution in [0.25, 0.3) is 22.0 Å². The highest BCUT2D eigenvalue weighted by Crippen LogP contribution is 2.51. The number of fused-ring (bicyclic) bond motifs is 1. The number of amides is 2. The van der Waals surface area contributed by atoms with Gasteiger partial charge in [0.05, 0.1) is 24.3 Å². The van der Waals surface area contributed by atoms with Crippen molar-refractivity contribution in [3.63, 3.8) is 0 Å². The van der Waals surface area contributed by atoms with Gasteiger partial charge in [-0.2, -0.15) is 0 Å². The van der Waals surface area contributed by atoms with Gasteiger partial charge >= 0.3 is 6.09 Å². The first kappa shape index (κ1) is 28.4. The summed E-state index contributed by atoms with van der Waals surface area (Å²) in [6, 6.07) is 12.6. The molecule has 2 aromatic carbocycles. The monoisotopic (exact) mass is 572 g/mol. The lowest BCUT2D eigenvalue weighted by Crippen LogP contribution is -2.46. The van der Waals surface area contributed by atoms with E-state index in [9.17, 15) is 9.59 Å². The van der Waals surface area contributed by atoms with Gasteiger partial charge in [-0.1, -0.05) is 24.3 Å². The Bertz CT molecular complexity index is 1470. The van der Waals surface area contributed by atoms with Gasteiger partial charge in [0, 0.05) is 43.1 Å². The summed E-state index contributed by atoms with van der Waals surface area (Å²) in [5.41, 5.74) is 9.60. The number of alkyl carbamates (subject to hydrolysis) is 1. The number of piperidine rings is 1. The average molecular weight is 573 g/mol. The standard InChI is InChI=1S/C32H40N6O4/c1-31(2,3)42-30(40)36-24-8-12-37(13-9-24)29-26-19-22(18-25(28(33)39)27(26)34-20-35-29)21-4-6-23(7-5-21)32(10-11-32)38-14-16-41-17-15-38/h4-7,18-20,24H,8-17H2,1-3H3,(H2,33,39)(H,36,40). The molecule has 3 fully saturated rings. The van der Waals surface area contributed by atoms with Gasteiger partial charge in [-0.05, 0) is 75.3 Å². The molecule has 1 saturated carbocycles. The van der Waals surface area contributed by atoms with Crippen LogP contribution in [-0.2, 0) is 15.0 Å². The fourth-order valence-corrected chi connectivity index (χ4v) is 6.34. The van der Waals surface area contributed by atoms with Gasteiger partial charge in [-0.15, -0.1) is 0 Å². The zero-order valence-corrected chi connectivity index (χ0v) is 24.7. The van der Waals surface area contributed by atoms with Crippen molar-refractivity contribution in [3.8, 4) is 11.1 Å². The molecule has 2 amide bonds. The minimum Gasteiger partial charge on any atom is -0.444 e. The quantitative estimate of drug-likeness (QED) is 0.450. The van der Waals surface area contributed by atoms with Crippen LogP contribution >= 0.6 is 0 Å². The number of aromatic nitrogens is 2. The van der Waals surface area contributed by atoms with Crippen molar-refractivity contribution >= 4 is 28.7 Å². The molecule has 10 heteroatoms. The van der Waals surface area contributed by atoms with Crippen LogP contribution in [0.3, 0.4) is 0 Å². The second kappa shape index (κ2) is 11.1. The number of carbonyl (C=O) groups excluding carboxylic acids is 2. The van der Waals surface area contributed by atoms with E-state index in [1.165, 1.54) is 24.7 Å². The van der Waals surface area contributed by atoms with Gasteiger partial charge in [0.15, 0.2) is 0 Å². The number of primary amides is 1. The number of nitrogens with two attached hydrogens (primary N) is 1. The van der Waals surface area contributed by atoms with Crippen molar-refractivity contribution in [3.05, 3.63) is 53.9 Å².